The Morgan fingerprint density at radius 1 is 1.34 bits per heavy atom. The number of carbonyl (C=O) groups excluding carboxylic acids is 1. The molecule has 1 saturated heterocycles. The standard InChI is InChI=1S/C18H22FN9O/c1-5-14(29)21-13-8-28(6-11(13)19)18-23-16(15-17(24-18)26(3)9-20-15)22-12-7-27(4)25-10(12)2/h5,7,9,11,13H,1,6,8H2,2-4H3,(H,21,29)(H,22,23,24)/t11-,13-/m1/s1. The third kappa shape index (κ3) is 3.50. The molecule has 1 aliphatic rings. The van der Waals surface area contributed by atoms with Gasteiger partial charge in [-0.3, -0.25) is 9.48 Å². The van der Waals surface area contributed by atoms with E-state index in [1.807, 2.05) is 27.2 Å². The van der Waals surface area contributed by atoms with Crippen LogP contribution >= 0.6 is 0 Å². The van der Waals surface area contributed by atoms with E-state index in [1.165, 1.54) is 0 Å². The second kappa shape index (κ2) is 7.15. The van der Waals surface area contributed by atoms with Crippen LogP contribution in [-0.2, 0) is 18.9 Å². The van der Waals surface area contributed by atoms with Gasteiger partial charge in [0.1, 0.15) is 6.17 Å². The number of hydrogen-bond donors (Lipinski definition) is 2. The first-order valence-electron chi connectivity index (χ1n) is 9.14. The van der Waals surface area contributed by atoms with Gasteiger partial charge in [0.05, 0.1) is 30.3 Å². The molecule has 1 aliphatic heterocycles. The highest BCUT2D eigenvalue weighted by Crippen LogP contribution is 2.28. The lowest BCUT2D eigenvalue weighted by atomic mass is 10.2. The maximum atomic E-state index is 14.5. The Balaban J connectivity index is 1.68. The number of halogens is 1. The minimum atomic E-state index is -1.23. The number of carbonyl (C=O) groups is 1. The first kappa shape index (κ1) is 18.8. The van der Waals surface area contributed by atoms with Gasteiger partial charge in [-0.15, -0.1) is 0 Å². The van der Waals surface area contributed by atoms with Crippen molar-refractivity contribution >= 4 is 34.5 Å². The molecule has 4 rings (SSSR count). The molecule has 10 nitrogen and oxygen atoms in total. The Morgan fingerprint density at radius 2 is 2.14 bits per heavy atom. The van der Waals surface area contributed by atoms with Gasteiger partial charge in [0.15, 0.2) is 17.0 Å². The van der Waals surface area contributed by atoms with E-state index in [2.05, 4.69) is 37.3 Å². The monoisotopic (exact) mass is 399 g/mol. The minimum absolute atomic E-state index is 0.0802. The van der Waals surface area contributed by atoms with Crippen molar-refractivity contribution in [3.8, 4) is 0 Å². The van der Waals surface area contributed by atoms with Crippen molar-refractivity contribution in [1.82, 2.24) is 34.6 Å². The summed E-state index contributed by atoms with van der Waals surface area (Å²) in [5.74, 6) is 0.468. The van der Waals surface area contributed by atoms with E-state index < -0.39 is 18.1 Å². The van der Waals surface area contributed by atoms with Gasteiger partial charge in [-0.25, -0.2) is 9.37 Å². The Kier molecular flexibility index (Phi) is 4.65. The van der Waals surface area contributed by atoms with Crippen LogP contribution in [0.3, 0.4) is 0 Å². The molecule has 0 unspecified atom stereocenters. The highest BCUT2D eigenvalue weighted by atomic mass is 19.1. The van der Waals surface area contributed by atoms with Crippen LogP contribution in [0, 0.1) is 6.92 Å². The molecule has 0 spiro atoms. The minimum Gasteiger partial charge on any atom is -0.345 e. The van der Waals surface area contributed by atoms with Gasteiger partial charge in [0.25, 0.3) is 0 Å². The second-order valence-electron chi connectivity index (χ2n) is 7.07. The first-order valence-corrected chi connectivity index (χ1v) is 9.14. The fourth-order valence-corrected chi connectivity index (χ4v) is 3.38. The van der Waals surface area contributed by atoms with Crippen LogP contribution < -0.4 is 15.5 Å². The number of rotatable bonds is 5. The molecule has 152 valence electrons. The van der Waals surface area contributed by atoms with Gasteiger partial charge in [-0.05, 0) is 13.0 Å². The Labute approximate surface area is 166 Å². The van der Waals surface area contributed by atoms with E-state index in [-0.39, 0.29) is 13.1 Å². The summed E-state index contributed by atoms with van der Waals surface area (Å²) in [6.07, 6.45) is 3.40. The number of nitrogens with one attached hydrogen (secondary N) is 2. The molecule has 0 aliphatic carbocycles. The molecule has 3 aromatic rings. The quantitative estimate of drug-likeness (QED) is 0.616. The maximum absolute atomic E-state index is 14.5. The van der Waals surface area contributed by atoms with E-state index in [9.17, 15) is 9.18 Å². The number of imidazole rings is 1. The molecule has 0 bridgehead atoms. The van der Waals surface area contributed by atoms with Crippen LogP contribution in [-0.4, -0.2) is 60.5 Å². The average Bonchev–Trinajstić information content (AvgIpc) is 3.33. The van der Waals surface area contributed by atoms with E-state index >= 15 is 0 Å². The molecule has 0 saturated carbocycles. The molecular formula is C18H22FN9O. The van der Waals surface area contributed by atoms with Gasteiger partial charge in [-0.2, -0.15) is 15.1 Å². The van der Waals surface area contributed by atoms with Gasteiger partial charge in [0, 0.05) is 26.8 Å². The highest BCUT2D eigenvalue weighted by molar-refractivity contribution is 5.88. The fourth-order valence-electron chi connectivity index (χ4n) is 3.38. The van der Waals surface area contributed by atoms with Crippen molar-refractivity contribution in [3.05, 3.63) is 30.9 Å². The highest BCUT2D eigenvalue weighted by Gasteiger charge is 2.35. The summed E-state index contributed by atoms with van der Waals surface area (Å²) in [5.41, 5.74) is 2.83. The topological polar surface area (TPSA) is 106 Å². The van der Waals surface area contributed by atoms with E-state index in [0.717, 1.165) is 17.5 Å². The molecule has 4 heterocycles. The Bertz CT molecular complexity index is 1090. The molecule has 3 aromatic heterocycles. The van der Waals surface area contributed by atoms with Crippen LogP contribution in [0.1, 0.15) is 5.69 Å². The zero-order chi connectivity index (χ0) is 20.7. The lowest BCUT2D eigenvalue weighted by molar-refractivity contribution is -0.117. The number of aromatic nitrogens is 6. The summed E-state index contributed by atoms with van der Waals surface area (Å²) in [6.45, 7) is 5.64. The van der Waals surface area contributed by atoms with Crippen LogP contribution in [0.2, 0.25) is 0 Å². The summed E-state index contributed by atoms with van der Waals surface area (Å²) in [4.78, 5) is 26.8. The number of alkyl halides is 1. The van der Waals surface area contributed by atoms with Gasteiger partial charge >= 0.3 is 0 Å². The summed E-state index contributed by atoms with van der Waals surface area (Å²) >= 11 is 0. The fraction of sp³-hybridized carbons (Fsp3) is 0.389. The van der Waals surface area contributed by atoms with E-state index in [0.29, 0.717) is 22.9 Å². The molecule has 1 fully saturated rings. The number of aryl methyl sites for hydroxylation is 3. The lowest BCUT2D eigenvalue weighted by Crippen LogP contribution is -2.40. The Hall–Kier alpha value is -3.50. The summed E-state index contributed by atoms with van der Waals surface area (Å²) in [6, 6.07) is -0.650. The second-order valence-corrected chi connectivity index (χ2v) is 7.07. The molecular weight excluding hydrogens is 377 g/mol. The van der Waals surface area contributed by atoms with Gasteiger partial charge < -0.3 is 20.1 Å². The van der Waals surface area contributed by atoms with Gasteiger partial charge in [0.2, 0.25) is 11.9 Å². The molecule has 1 amide bonds. The largest absolute Gasteiger partial charge is 0.345 e. The van der Waals surface area contributed by atoms with Crippen molar-refractivity contribution in [2.24, 2.45) is 14.1 Å². The van der Waals surface area contributed by atoms with Crippen molar-refractivity contribution in [1.29, 1.82) is 0 Å². The number of hydrogen-bond acceptors (Lipinski definition) is 7. The zero-order valence-corrected chi connectivity index (χ0v) is 16.4. The third-order valence-electron chi connectivity index (χ3n) is 4.86. The molecule has 0 radical (unpaired) electrons. The van der Waals surface area contributed by atoms with Crippen molar-refractivity contribution in [2.45, 2.75) is 19.1 Å². The van der Waals surface area contributed by atoms with Crippen molar-refractivity contribution in [2.75, 3.05) is 23.3 Å². The smallest absolute Gasteiger partial charge is 0.243 e. The third-order valence-corrected chi connectivity index (χ3v) is 4.86. The SMILES string of the molecule is C=CC(=O)N[C@@H]1CN(c2nc(Nc3cn(C)nc3C)c3ncn(C)c3n2)C[C@H]1F. The summed E-state index contributed by atoms with van der Waals surface area (Å²) in [7, 11) is 3.67. The van der Waals surface area contributed by atoms with Crippen LogP contribution in [0.25, 0.3) is 11.2 Å². The number of fused-ring (bicyclic) bond motifs is 1. The predicted octanol–water partition coefficient (Wildman–Crippen LogP) is 0.978. The van der Waals surface area contributed by atoms with Gasteiger partial charge in [-0.1, -0.05) is 6.58 Å². The summed E-state index contributed by atoms with van der Waals surface area (Å²) < 4.78 is 18.0. The van der Waals surface area contributed by atoms with E-state index in [4.69, 9.17) is 0 Å². The normalized spacial score (nSPS) is 19.0. The Morgan fingerprint density at radius 3 is 2.83 bits per heavy atom. The van der Waals surface area contributed by atoms with Crippen LogP contribution in [0.4, 0.5) is 21.8 Å². The molecule has 11 heteroatoms. The average molecular weight is 399 g/mol. The summed E-state index contributed by atoms with van der Waals surface area (Å²) in [5, 5.41) is 10.2. The van der Waals surface area contributed by atoms with Crippen LogP contribution in [0.15, 0.2) is 25.2 Å². The number of nitrogens with zero attached hydrogens (tertiary/aromatic N) is 7. The molecule has 29 heavy (non-hydrogen) atoms. The van der Waals surface area contributed by atoms with Crippen LogP contribution in [0.5, 0.6) is 0 Å². The zero-order valence-electron chi connectivity index (χ0n) is 16.4. The van der Waals surface area contributed by atoms with Crippen molar-refractivity contribution < 1.29 is 9.18 Å². The maximum Gasteiger partial charge on any atom is 0.243 e. The first-order chi connectivity index (χ1) is 13.9. The predicted molar refractivity (Wildman–Crippen MR) is 107 cm³/mol. The molecule has 0 aromatic carbocycles. The lowest BCUT2D eigenvalue weighted by Gasteiger charge is -2.17. The molecule has 2 N–H and O–H groups in total. The van der Waals surface area contributed by atoms with Crippen molar-refractivity contribution in [3.63, 3.8) is 0 Å². The molecule has 2 atom stereocenters. The number of amides is 1. The number of anilines is 3. The van der Waals surface area contributed by atoms with E-state index in [1.54, 1.807) is 20.5 Å².